The molecule has 108 valence electrons. The maximum Gasteiger partial charge on any atom is 0.147 e. The van der Waals surface area contributed by atoms with Gasteiger partial charge in [0.1, 0.15) is 12.4 Å². The third kappa shape index (κ3) is 3.90. The van der Waals surface area contributed by atoms with Gasteiger partial charge < -0.3 is 24.1 Å². The summed E-state index contributed by atoms with van der Waals surface area (Å²) in [5.74, 6) is 0. The molecule has 0 saturated carbocycles. The molecular weight excluding hydrogens is 236 g/mol. The fourth-order valence-electron chi connectivity index (χ4n) is 2.38. The van der Waals surface area contributed by atoms with Gasteiger partial charge in [-0.2, -0.15) is 0 Å². The minimum Gasteiger partial charge on any atom is -0.393 e. The molecule has 0 radical (unpaired) electrons. The van der Waals surface area contributed by atoms with Crippen LogP contribution in [0.3, 0.4) is 0 Å². The number of rotatable bonds is 8. The molecule has 0 aromatic heterocycles. The van der Waals surface area contributed by atoms with Crippen LogP contribution in [0.5, 0.6) is 0 Å². The zero-order chi connectivity index (χ0) is 13.6. The summed E-state index contributed by atoms with van der Waals surface area (Å²) in [5.41, 5.74) is -0.871. The van der Waals surface area contributed by atoms with Crippen LogP contribution in [-0.2, 0) is 18.9 Å². The molecule has 1 fully saturated rings. The maximum absolute atomic E-state index is 9.59. The second-order valence-electron chi connectivity index (χ2n) is 5.32. The van der Waals surface area contributed by atoms with Gasteiger partial charge in [0.2, 0.25) is 0 Å². The van der Waals surface area contributed by atoms with Gasteiger partial charge in [-0.05, 0) is 20.3 Å². The molecule has 5 nitrogen and oxygen atoms in total. The van der Waals surface area contributed by atoms with E-state index in [9.17, 15) is 5.11 Å². The minimum absolute atomic E-state index is 0.0321. The van der Waals surface area contributed by atoms with Crippen molar-refractivity contribution >= 4 is 0 Å². The molecule has 0 amide bonds. The normalized spacial score (nSPS) is 30.8. The van der Waals surface area contributed by atoms with E-state index in [0.29, 0.717) is 13.2 Å². The molecule has 1 aliphatic heterocycles. The van der Waals surface area contributed by atoms with E-state index < -0.39 is 5.60 Å². The number of hydrogen-bond acceptors (Lipinski definition) is 5. The van der Waals surface area contributed by atoms with E-state index >= 15 is 0 Å². The summed E-state index contributed by atoms with van der Waals surface area (Å²) >= 11 is 0. The van der Waals surface area contributed by atoms with Gasteiger partial charge in [-0.1, -0.05) is 6.92 Å². The molecule has 0 bridgehead atoms. The molecule has 1 N–H and O–H groups in total. The Morgan fingerprint density at radius 2 is 2.06 bits per heavy atom. The van der Waals surface area contributed by atoms with E-state index in [0.717, 1.165) is 12.8 Å². The largest absolute Gasteiger partial charge is 0.393 e. The molecule has 1 rings (SSSR count). The Hall–Kier alpha value is -0.200. The Bertz CT molecular complexity index is 238. The average molecular weight is 262 g/mol. The van der Waals surface area contributed by atoms with E-state index in [1.807, 2.05) is 20.8 Å². The minimum atomic E-state index is -0.603. The third-order valence-electron chi connectivity index (χ3n) is 3.39. The third-order valence-corrected chi connectivity index (χ3v) is 3.39. The first-order valence-electron chi connectivity index (χ1n) is 6.49. The molecule has 18 heavy (non-hydrogen) atoms. The van der Waals surface area contributed by atoms with Gasteiger partial charge in [-0.25, -0.2) is 0 Å². The van der Waals surface area contributed by atoms with Crippen molar-refractivity contribution < 1.29 is 24.1 Å². The van der Waals surface area contributed by atoms with Gasteiger partial charge in [-0.15, -0.1) is 0 Å². The molecular formula is C13H26O5. The number of methoxy groups -OCH3 is 1. The SMILES string of the molecule is CCC1(CO)OC(C)(C)CC1OCOCCOC. The molecule has 1 aliphatic rings. The van der Waals surface area contributed by atoms with Crippen LogP contribution in [0, 0.1) is 0 Å². The van der Waals surface area contributed by atoms with Gasteiger partial charge >= 0.3 is 0 Å². The molecule has 2 atom stereocenters. The summed E-state index contributed by atoms with van der Waals surface area (Å²) in [6.07, 6.45) is 1.34. The molecule has 5 heteroatoms. The van der Waals surface area contributed by atoms with Crippen molar-refractivity contribution in [3.63, 3.8) is 0 Å². The van der Waals surface area contributed by atoms with Gasteiger partial charge in [0, 0.05) is 13.5 Å². The van der Waals surface area contributed by atoms with Crippen LogP contribution < -0.4 is 0 Å². The van der Waals surface area contributed by atoms with Crippen molar-refractivity contribution in [2.45, 2.75) is 50.9 Å². The molecule has 0 spiro atoms. The highest BCUT2D eigenvalue weighted by atomic mass is 16.7. The fourth-order valence-corrected chi connectivity index (χ4v) is 2.38. The van der Waals surface area contributed by atoms with Crippen LogP contribution in [0.25, 0.3) is 0 Å². The van der Waals surface area contributed by atoms with Crippen molar-refractivity contribution in [2.75, 3.05) is 33.7 Å². The lowest BCUT2D eigenvalue weighted by Crippen LogP contribution is -2.44. The van der Waals surface area contributed by atoms with Crippen LogP contribution in [-0.4, -0.2) is 56.1 Å². The van der Waals surface area contributed by atoms with Crippen LogP contribution >= 0.6 is 0 Å². The van der Waals surface area contributed by atoms with Crippen molar-refractivity contribution in [1.29, 1.82) is 0 Å². The first-order chi connectivity index (χ1) is 8.49. The molecule has 2 unspecified atom stereocenters. The lowest BCUT2D eigenvalue weighted by atomic mass is 9.92. The first kappa shape index (κ1) is 15.9. The molecule has 0 aromatic rings. The van der Waals surface area contributed by atoms with Crippen LogP contribution in [0.2, 0.25) is 0 Å². The topological polar surface area (TPSA) is 57.2 Å². The zero-order valence-electron chi connectivity index (χ0n) is 11.9. The number of ether oxygens (including phenoxy) is 4. The monoisotopic (exact) mass is 262 g/mol. The van der Waals surface area contributed by atoms with Crippen LogP contribution in [0.15, 0.2) is 0 Å². The summed E-state index contributed by atoms with van der Waals surface area (Å²) in [4.78, 5) is 0. The van der Waals surface area contributed by atoms with Crippen molar-refractivity contribution in [3.8, 4) is 0 Å². The summed E-state index contributed by atoms with van der Waals surface area (Å²) in [6.45, 7) is 7.26. The van der Waals surface area contributed by atoms with Gasteiger partial charge in [0.25, 0.3) is 0 Å². The Kier molecular flexibility index (Phi) is 6.01. The summed E-state index contributed by atoms with van der Waals surface area (Å²) < 4.78 is 21.9. The standard InChI is InChI=1S/C13H26O5/c1-5-13(9-14)11(8-12(2,3)18-13)17-10-16-7-6-15-4/h11,14H,5-10H2,1-4H3. The quantitative estimate of drug-likeness (QED) is 0.528. The summed E-state index contributed by atoms with van der Waals surface area (Å²) in [7, 11) is 1.63. The second kappa shape index (κ2) is 6.82. The number of aliphatic hydroxyl groups is 1. The predicted molar refractivity (Wildman–Crippen MR) is 67.5 cm³/mol. The maximum atomic E-state index is 9.59. The van der Waals surface area contributed by atoms with Crippen molar-refractivity contribution in [1.82, 2.24) is 0 Å². The smallest absolute Gasteiger partial charge is 0.147 e. The number of hydrogen-bond donors (Lipinski definition) is 1. The highest BCUT2D eigenvalue weighted by molar-refractivity contribution is 5.00. The molecule has 1 saturated heterocycles. The van der Waals surface area contributed by atoms with Gasteiger partial charge in [0.05, 0.1) is 31.5 Å². The first-order valence-corrected chi connectivity index (χ1v) is 6.49. The van der Waals surface area contributed by atoms with Crippen LogP contribution in [0.1, 0.15) is 33.6 Å². The Labute approximate surface area is 109 Å². The van der Waals surface area contributed by atoms with E-state index in [4.69, 9.17) is 18.9 Å². The lowest BCUT2D eigenvalue weighted by Gasteiger charge is -2.32. The van der Waals surface area contributed by atoms with E-state index in [1.54, 1.807) is 7.11 Å². The van der Waals surface area contributed by atoms with E-state index in [-0.39, 0.29) is 25.1 Å². The molecule has 0 aliphatic carbocycles. The highest BCUT2D eigenvalue weighted by Crippen LogP contribution is 2.41. The summed E-state index contributed by atoms with van der Waals surface area (Å²) in [6, 6.07) is 0. The predicted octanol–water partition coefficient (Wildman–Crippen LogP) is 1.33. The summed E-state index contributed by atoms with van der Waals surface area (Å²) in [5, 5.41) is 9.59. The average Bonchev–Trinajstić information content (AvgIpc) is 2.60. The second-order valence-corrected chi connectivity index (χ2v) is 5.32. The Balaban J connectivity index is 2.46. The van der Waals surface area contributed by atoms with Crippen molar-refractivity contribution in [2.24, 2.45) is 0 Å². The number of aliphatic hydroxyl groups excluding tert-OH is 1. The lowest BCUT2D eigenvalue weighted by molar-refractivity contribution is -0.175. The van der Waals surface area contributed by atoms with Crippen molar-refractivity contribution in [3.05, 3.63) is 0 Å². The fraction of sp³-hybridized carbons (Fsp3) is 1.00. The van der Waals surface area contributed by atoms with Gasteiger partial charge in [-0.3, -0.25) is 0 Å². The van der Waals surface area contributed by atoms with Crippen LogP contribution in [0.4, 0.5) is 0 Å². The zero-order valence-corrected chi connectivity index (χ0v) is 11.9. The molecule has 1 heterocycles. The van der Waals surface area contributed by atoms with E-state index in [1.165, 1.54) is 0 Å². The van der Waals surface area contributed by atoms with Gasteiger partial charge in [0.15, 0.2) is 0 Å². The molecule has 0 aromatic carbocycles. The Morgan fingerprint density at radius 1 is 1.33 bits per heavy atom. The van der Waals surface area contributed by atoms with E-state index in [2.05, 4.69) is 0 Å². The Morgan fingerprint density at radius 3 is 2.61 bits per heavy atom. The highest BCUT2D eigenvalue weighted by Gasteiger charge is 2.51.